The summed E-state index contributed by atoms with van der Waals surface area (Å²) in [4.78, 5) is 43.0. The van der Waals surface area contributed by atoms with E-state index in [4.69, 9.17) is 17.2 Å². The monoisotopic (exact) mass is 517 g/mol. The van der Waals surface area contributed by atoms with Crippen LogP contribution in [0.4, 0.5) is 5.69 Å². The Morgan fingerprint density at radius 3 is 2.16 bits per heavy atom. The number of carbonyl (C=O) groups excluding carboxylic acids is 3. The summed E-state index contributed by atoms with van der Waals surface area (Å²) in [6.45, 7) is 1.84. The first kappa shape index (κ1) is 28.1. The number of fused-ring (bicyclic) bond motifs is 1. The van der Waals surface area contributed by atoms with Crippen molar-refractivity contribution in [2.24, 2.45) is 22.2 Å². The maximum atomic E-state index is 13.4. The Hall–Kier alpha value is -4.44. The van der Waals surface area contributed by atoms with E-state index in [1.807, 2.05) is 66.7 Å². The van der Waals surface area contributed by atoms with Gasteiger partial charge in [-0.1, -0.05) is 60.7 Å². The van der Waals surface area contributed by atoms with Crippen LogP contribution in [-0.4, -0.2) is 48.4 Å². The lowest BCUT2D eigenvalue weighted by Gasteiger charge is -2.24. The summed E-state index contributed by atoms with van der Waals surface area (Å²) in [7, 11) is 0. The Kier molecular flexibility index (Phi) is 10.2. The lowest BCUT2D eigenvalue weighted by atomic mass is 10.0. The first-order chi connectivity index (χ1) is 18.2. The molecule has 0 saturated carbocycles. The Balaban J connectivity index is 1.78. The van der Waals surface area contributed by atoms with Gasteiger partial charge in [-0.3, -0.25) is 19.4 Å². The summed E-state index contributed by atoms with van der Waals surface area (Å²) >= 11 is 0. The van der Waals surface area contributed by atoms with E-state index in [-0.39, 0.29) is 18.8 Å². The van der Waals surface area contributed by atoms with E-state index in [2.05, 4.69) is 20.9 Å². The highest BCUT2D eigenvalue weighted by Crippen LogP contribution is 2.19. The molecule has 3 aromatic rings. The summed E-state index contributed by atoms with van der Waals surface area (Å²) in [5.74, 6) is -1.41. The largest absolute Gasteiger partial charge is 0.370 e. The molecule has 3 amide bonds. The number of carbonyl (C=O) groups is 3. The van der Waals surface area contributed by atoms with Crippen LogP contribution in [0.15, 0.2) is 77.8 Å². The second-order valence-electron chi connectivity index (χ2n) is 9.10. The molecule has 0 aliphatic heterocycles. The lowest BCUT2D eigenvalue weighted by molar-refractivity contribution is -0.131. The molecule has 3 atom stereocenters. The average Bonchev–Trinajstić information content (AvgIpc) is 2.90. The molecule has 3 rings (SSSR count). The molecule has 0 aliphatic carbocycles. The summed E-state index contributed by atoms with van der Waals surface area (Å²) < 4.78 is 0. The van der Waals surface area contributed by atoms with E-state index in [1.54, 1.807) is 6.07 Å². The molecule has 0 heterocycles. The van der Waals surface area contributed by atoms with Gasteiger partial charge in [-0.25, -0.2) is 0 Å². The highest BCUT2D eigenvalue weighted by Gasteiger charge is 2.27. The average molecular weight is 518 g/mol. The van der Waals surface area contributed by atoms with Crippen LogP contribution in [0.2, 0.25) is 0 Å². The topological polar surface area (TPSA) is 178 Å². The van der Waals surface area contributed by atoms with E-state index < -0.39 is 35.8 Å². The Bertz CT molecular complexity index is 1270. The maximum Gasteiger partial charge on any atom is 0.246 e. The van der Waals surface area contributed by atoms with Gasteiger partial charge in [0.2, 0.25) is 17.7 Å². The number of anilines is 1. The fourth-order valence-electron chi connectivity index (χ4n) is 3.90. The quantitative estimate of drug-likeness (QED) is 0.120. The van der Waals surface area contributed by atoms with Crippen LogP contribution < -0.4 is 33.2 Å². The minimum absolute atomic E-state index is 0.0484. The fourth-order valence-corrected chi connectivity index (χ4v) is 3.90. The number of guanidine groups is 1. The van der Waals surface area contributed by atoms with Crippen LogP contribution in [0, 0.1) is 0 Å². The number of nitrogens with two attached hydrogens (primary N) is 3. The van der Waals surface area contributed by atoms with Crippen LogP contribution in [0.3, 0.4) is 0 Å². The van der Waals surface area contributed by atoms with Crippen molar-refractivity contribution in [1.29, 1.82) is 0 Å². The number of benzene rings is 3. The molecule has 10 heteroatoms. The molecular formula is C28H35N7O3. The molecule has 0 radical (unpaired) electrons. The Morgan fingerprint density at radius 1 is 0.816 bits per heavy atom. The molecule has 0 bridgehead atoms. The standard InChI is InChI=1S/C28H35N7O3/c1-18(29)25(36)35-24(16-19-8-3-2-4-9-19)27(38)34-23(12-7-15-32-28(30)31)26(37)33-22-14-13-20-10-5-6-11-21(20)17-22/h2-6,8-11,13-14,17-18,23-24H,7,12,15-16,29H2,1H3,(H,33,37)(H,34,38)(H,35,36)(H4,30,31,32). The minimum Gasteiger partial charge on any atom is -0.370 e. The summed E-state index contributed by atoms with van der Waals surface area (Å²) in [6, 6.07) is 20.0. The van der Waals surface area contributed by atoms with Crippen molar-refractivity contribution in [3.63, 3.8) is 0 Å². The molecule has 10 nitrogen and oxygen atoms in total. The Morgan fingerprint density at radius 2 is 1.47 bits per heavy atom. The number of hydrogen-bond donors (Lipinski definition) is 6. The molecular weight excluding hydrogens is 482 g/mol. The number of nitrogens with zero attached hydrogens (tertiary/aromatic N) is 1. The minimum atomic E-state index is -0.926. The third-order valence-electron chi connectivity index (χ3n) is 5.92. The first-order valence-electron chi connectivity index (χ1n) is 12.5. The van der Waals surface area contributed by atoms with E-state index in [9.17, 15) is 14.4 Å². The van der Waals surface area contributed by atoms with Crippen LogP contribution >= 0.6 is 0 Å². The molecule has 0 saturated heterocycles. The zero-order valence-electron chi connectivity index (χ0n) is 21.4. The van der Waals surface area contributed by atoms with Gasteiger partial charge < -0.3 is 33.2 Å². The molecule has 3 aromatic carbocycles. The smallest absolute Gasteiger partial charge is 0.246 e. The maximum absolute atomic E-state index is 13.4. The van der Waals surface area contributed by atoms with Gasteiger partial charge in [0.15, 0.2) is 5.96 Å². The molecule has 0 fully saturated rings. The van der Waals surface area contributed by atoms with Crippen molar-refractivity contribution in [2.45, 2.75) is 44.3 Å². The van der Waals surface area contributed by atoms with Crippen molar-refractivity contribution < 1.29 is 14.4 Å². The number of nitrogens with one attached hydrogen (secondary N) is 3. The van der Waals surface area contributed by atoms with Gasteiger partial charge >= 0.3 is 0 Å². The van der Waals surface area contributed by atoms with Crippen molar-refractivity contribution in [1.82, 2.24) is 10.6 Å². The van der Waals surface area contributed by atoms with Crippen molar-refractivity contribution >= 4 is 40.1 Å². The van der Waals surface area contributed by atoms with Gasteiger partial charge in [0, 0.05) is 18.7 Å². The second-order valence-corrected chi connectivity index (χ2v) is 9.10. The molecule has 0 aliphatic rings. The van der Waals surface area contributed by atoms with Gasteiger partial charge in [0.1, 0.15) is 12.1 Å². The van der Waals surface area contributed by atoms with E-state index >= 15 is 0 Å². The first-order valence-corrected chi connectivity index (χ1v) is 12.5. The van der Waals surface area contributed by atoms with Crippen molar-refractivity contribution in [3.05, 3.63) is 78.4 Å². The van der Waals surface area contributed by atoms with Crippen LogP contribution in [-0.2, 0) is 20.8 Å². The second kappa shape index (κ2) is 13.8. The predicted molar refractivity (Wildman–Crippen MR) is 150 cm³/mol. The van der Waals surface area contributed by atoms with Gasteiger partial charge in [0.05, 0.1) is 6.04 Å². The van der Waals surface area contributed by atoms with E-state index in [0.717, 1.165) is 16.3 Å². The Labute approximate surface area is 222 Å². The highest BCUT2D eigenvalue weighted by molar-refractivity contribution is 6.00. The summed E-state index contributed by atoms with van der Waals surface area (Å²) in [5.41, 5.74) is 18.0. The predicted octanol–water partition coefficient (Wildman–Crippen LogP) is 1.39. The van der Waals surface area contributed by atoms with Crippen LogP contribution in [0.1, 0.15) is 25.3 Å². The zero-order chi connectivity index (χ0) is 27.5. The normalized spacial score (nSPS) is 13.1. The number of aliphatic imine (C=N–C) groups is 1. The van der Waals surface area contributed by atoms with Crippen molar-refractivity contribution in [2.75, 3.05) is 11.9 Å². The van der Waals surface area contributed by atoms with Gasteiger partial charge in [-0.2, -0.15) is 0 Å². The third kappa shape index (κ3) is 8.59. The van der Waals surface area contributed by atoms with Gasteiger partial charge in [-0.15, -0.1) is 0 Å². The molecule has 3 unspecified atom stereocenters. The number of hydrogen-bond acceptors (Lipinski definition) is 5. The molecule has 0 spiro atoms. The van der Waals surface area contributed by atoms with Crippen LogP contribution in [0.5, 0.6) is 0 Å². The molecule has 38 heavy (non-hydrogen) atoms. The molecule has 0 aromatic heterocycles. The van der Waals surface area contributed by atoms with E-state index in [1.165, 1.54) is 6.92 Å². The molecule has 9 N–H and O–H groups in total. The summed E-state index contributed by atoms with van der Waals surface area (Å²) in [5, 5.41) is 10.4. The molecule has 200 valence electrons. The third-order valence-corrected chi connectivity index (χ3v) is 5.92. The fraction of sp³-hybridized carbons (Fsp3) is 0.286. The van der Waals surface area contributed by atoms with Gasteiger partial charge in [0.25, 0.3) is 0 Å². The van der Waals surface area contributed by atoms with Gasteiger partial charge in [-0.05, 0) is 48.2 Å². The number of rotatable bonds is 12. The highest BCUT2D eigenvalue weighted by atomic mass is 16.2. The lowest BCUT2D eigenvalue weighted by Crippen LogP contribution is -2.55. The van der Waals surface area contributed by atoms with E-state index in [0.29, 0.717) is 18.7 Å². The number of amides is 3. The SMILES string of the molecule is CC(N)C(=O)NC(Cc1ccccc1)C(=O)NC(CCCN=C(N)N)C(=O)Nc1ccc2ccccc2c1. The van der Waals surface area contributed by atoms with Crippen LogP contribution in [0.25, 0.3) is 10.8 Å². The zero-order valence-corrected chi connectivity index (χ0v) is 21.4. The summed E-state index contributed by atoms with van der Waals surface area (Å²) in [6.07, 6.45) is 0.961. The van der Waals surface area contributed by atoms with Crippen molar-refractivity contribution in [3.8, 4) is 0 Å².